The van der Waals surface area contributed by atoms with E-state index in [-0.39, 0.29) is 30.6 Å². The van der Waals surface area contributed by atoms with E-state index < -0.39 is 6.29 Å². The first-order valence-corrected chi connectivity index (χ1v) is 15.8. The van der Waals surface area contributed by atoms with Crippen molar-refractivity contribution in [2.45, 2.75) is 51.5 Å². The van der Waals surface area contributed by atoms with E-state index in [0.29, 0.717) is 12.1 Å². The van der Waals surface area contributed by atoms with E-state index in [1.807, 2.05) is 66.7 Å². The van der Waals surface area contributed by atoms with Crippen molar-refractivity contribution in [3.63, 3.8) is 0 Å². The second-order valence-corrected chi connectivity index (χ2v) is 12.1. The molecule has 0 aromatic heterocycles. The smallest absolute Gasteiger partial charge is 0.251 e. The van der Waals surface area contributed by atoms with Gasteiger partial charge in [-0.15, -0.1) is 0 Å². The maximum atomic E-state index is 12.5. The van der Waals surface area contributed by atoms with Gasteiger partial charge in [-0.25, -0.2) is 0 Å². The third-order valence-corrected chi connectivity index (χ3v) is 9.10. The first kappa shape index (κ1) is 31.8. The van der Waals surface area contributed by atoms with Crippen LogP contribution in [0.15, 0.2) is 91.0 Å². The summed E-state index contributed by atoms with van der Waals surface area (Å²) < 4.78 is 24.5. The van der Waals surface area contributed by atoms with Crippen molar-refractivity contribution in [2.24, 2.45) is 5.92 Å². The number of ether oxygens (including phenoxy) is 4. The molecule has 4 aromatic carbocycles. The van der Waals surface area contributed by atoms with Crippen LogP contribution in [0.1, 0.15) is 63.1 Å². The Bertz CT molecular complexity index is 1610. The fraction of sp³-hybridized carbons (Fsp3) is 0.342. The second-order valence-electron chi connectivity index (χ2n) is 12.1. The molecule has 4 aromatic rings. The molecule has 240 valence electrons. The Hall–Kier alpha value is -4.21. The van der Waals surface area contributed by atoms with Gasteiger partial charge in [0, 0.05) is 43.2 Å². The van der Waals surface area contributed by atoms with E-state index in [9.17, 15) is 9.90 Å². The zero-order valence-corrected chi connectivity index (χ0v) is 26.6. The number of amides is 1. The first-order chi connectivity index (χ1) is 22.4. The fourth-order valence-electron chi connectivity index (χ4n) is 6.35. The molecular weight excluding hydrogens is 580 g/mol. The Morgan fingerprint density at radius 2 is 1.52 bits per heavy atom. The average Bonchev–Trinajstić information content (AvgIpc) is 3.11. The van der Waals surface area contributed by atoms with Crippen LogP contribution < -0.4 is 14.8 Å². The van der Waals surface area contributed by atoms with Gasteiger partial charge in [0.2, 0.25) is 0 Å². The van der Waals surface area contributed by atoms with Crippen LogP contribution in [0.2, 0.25) is 0 Å². The number of methoxy groups -OCH3 is 2. The van der Waals surface area contributed by atoms with E-state index in [2.05, 4.69) is 29.3 Å². The maximum absolute atomic E-state index is 12.5. The minimum Gasteiger partial charge on any atom is -0.493 e. The molecule has 2 aliphatic heterocycles. The molecule has 1 saturated heterocycles. The van der Waals surface area contributed by atoms with E-state index in [1.165, 1.54) is 11.1 Å². The number of hydrogen-bond acceptors (Lipinski definition) is 7. The maximum Gasteiger partial charge on any atom is 0.251 e. The lowest BCUT2D eigenvalue weighted by Crippen LogP contribution is -2.45. The summed E-state index contributed by atoms with van der Waals surface area (Å²) in [7, 11) is 3.34. The predicted molar refractivity (Wildman–Crippen MR) is 176 cm³/mol. The molecule has 2 N–H and O–H groups in total. The molecule has 0 spiro atoms. The van der Waals surface area contributed by atoms with Crippen molar-refractivity contribution in [3.05, 3.63) is 130 Å². The Labute approximate surface area is 270 Å². The van der Waals surface area contributed by atoms with E-state index in [4.69, 9.17) is 18.9 Å². The summed E-state index contributed by atoms with van der Waals surface area (Å²) in [6.45, 7) is 5.08. The number of nitrogens with zero attached hydrogens (tertiary/aromatic N) is 1. The number of hydrogen-bond donors (Lipinski definition) is 2. The molecule has 2 heterocycles. The topological polar surface area (TPSA) is 89.5 Å². The summed E-state index contributed by atoms with van der Waals surface area (Å²) in [5.74, 6) is 1.48. The van der Waals surface area contributed by atoms with Crippen LogP contribution >= 0.6 is 0 Å². The average molecular weight is 623 g/mol. The Morgan fingerprint density at radius 1 is 0.870 bits per heavy atom. The zero-order valence-electron chi connectivity index (χ0n) is 26.6. The van der Waals surface area contributed by atoms with Crippen LogP contribution in [-0.2, 0) is 35.6 Å². The highest BCUT2D eigenvalue weighted by molar-refractivity contribution is 5.94. The van der Waals surface area contributed by atoms with Crippen molar-refractivity contribution >= 4 is 5.91 Å². The standard InChI is InChI=1S/C38H42N2O6/c1-25-35(23-40-18-17-31-19-33(43-2)34(44-3)20-32(31)22-40)45-38(46-36(25)28-13-11-27(24-41)12-14-28)30-15-9-26(10-16-30)21-39-37(42)29-7-5-4-6-8-29/h4-16,19-20,25,35-36,38,41H,17-18,21-24H2,1-3H3,(H,39,42)/t25-,35+,36+,38+/m1/s1. The number of rotatable bonds is 10. The molecular formula is C38H42N2O6. The van der Waals surface area contributed by atoms with Crippen molar-refractivity contribution in [3.8, 4) is 11.5 Å². The fourth-order valence-corrected chi connectivity index (χ4v) is 6.35. The lowest BCUT2D eigenvalue weighted by atomic mass is 9.89. The number of fused-ring (bicyclic) bond motifs is 1. The van der Waals surface area contributed by atoms with Crippen LogP contribution in [-0.4, -0.2) is 49.3 Å². The number of aliphatic hydroxyl groups excluding tert-OH is 1. The van der Waals surface area contributed by atoms with E-state index in [0.717, 1.165) is 59.8 Å². The van der Waals surface area contributed by atoms with Crippen LogP contribution in [0.25, 0.3) is 0 Å². The van der Waals surface area contributed by atoms with Gasteiger partial charge in [0.15, 0.2) is 17.8 Å². The van der Waals surface area contributed by atoms with Gasteiger partial charge in [-0.3, -0.25) is 9.69 Å². The van der Waals surface area contributed by atoms with E-state index in [1.54, 1.807) is 26.4 Å². The van der Waals surface area contributed by atoms with Crippen LogP contribution in [0, 0.1) is 5.92 Å². The first-order valence-electron chi connectivity index (χ1n) is 15.8. The molecule has 0 saturated carbocycles. The summed E-state index contributed by atoms with van der Waals surface area (Å²) >= 11 is 0. The molecule has 1 fully saturated rings. The highest BCUT2D eigenvalue weighted by Gasteiger charge is 2.39. The van der Waals surface area contributed by atoms with Crippen LogP contribution in [0.3, 0.4) is 0 Å². The van der Waals surface area contributed by atoms with Gasteiger partial charge in [0.1, 0.15) is 0 Å². The molecule has 0 radical (unpaired) electrons. The number of nitrogens with one attached hydrogen (secondary N) is 1. The highest BCUT2D eigenvalue weighted by atomic mass is 16.7. The molecule has 8 heteroatoms. The van der Waals surface area contributed by atoms with Gasteiger partial charge in [-0.2, -0.15) is 0 Å². The lowest BCUT2D eigenvalue weighted by Gasteiger charge is -2.43. The van der Waals surface area contributed by atoms with Gasteiger partial charge < -0.3 is 29.4 Å². The van der Waals surface area contributed by atoms with E-state index >= 15 is 0 Å². The summed E-state index contributed by atoms with van der Waals surface area (Å²) in [5, 5.41) is 12.6. The Kier molecular flexibility index (Phi) is 10.00. The summed E-state index contributed by atoms with van der Waals surface area (Å²) in [4.78, 5) is 15.0. The van der Waals surface area contributed by atoms with Crippen molar-refractivity contribution in [1.82, 2.24) is 10.2 Å². The van der Waals surface area contributed by atoms with Gasteiger partial charge in [-0.05, 0) is 58.5 Å². The quantitative estimate of drug-likeness (QED) is 0.225. The minimum absolute atomic E-state index is 0.000956. The van der Waals surface area contributed by atoms with Gasteiger partial charge in [0.05, 0.1) is 33.0 Å². The summed E-state index contributed by atoms with van der Waals surface area (Å²) in [6, 6.07) is 29.4. The normalized spacial score (nSPS) is 21.3. The van der Waals surface area contributed by atoms with Gasteiger partial charge in [-0.1, -0.05) is 73.7 Å². The number of aliphatic hydroxyl groups is 1. The highest BCUT2D eigenvalue weighted by Crippen LogP contribution is 2.42. The molecule has 0 unspecified atom stereocenters. The Morgan fingerprint density at radius 3 is 2.20 bits per heavy atom. The second kappa shape index (κ2) is 14.5. The molecule has 2 aliphatic rings. The molecule has 1 amide bonds. The molecule has 46 heavy (non-hydrogen) atoms. The summed E-state index contributed by atoms with van der Waals surface area (Å²) in [6.07, 6.45) is 0.0825. The Balaban J connectivity index is 1.19. The monoisotopic (exact) mass is 622 g/mol. The van der Waals surface area contributed by atoms with Crippen LogP contribution in [0.4, 0.5) is 0 Å². The minimum atomic E-state index is -0.557. The number of carbonyl (C=O) groups is 1. The largest absolute Gasteiger partial charge is 0.493 e. The third-order valence-electron chi connectivity index (χ3n) is 9.10. The van der Waals surface area contributed by atoms with Crippen molar-refractivity contribution < 1.29 is 28.8 Å². The van der Waals surface area contributed by atoms with Crippen molar-refractivity contribution in [1.29, 1.82) is 0 Å². The summed E-state index contributed by atoms with van der Waals surface area (Å²) in [5.41, 5.74) is 7.00. The third kappa shape index (κ3) is 7.11. The predicted octanol–water partition coefficient (Wildman–Crippen LogP) is 5.98. The van der Waals surface area contributed by atoms with Crippen LogP contribution in [0.5, 0.6) is 11.5 Å². The van der Waals surface area contributed by atoms with Gasteiger partial charge >= 0.3 is 0 Å². The molecule has 6 rings (SSSR count). The SMILES string of the molecule is COc1cc2c(cc1OC)CN(C[C@@H]1O[C@H](c3ccc(CNC(=O)c4ccccc4)cc3)O[C@H](c3ccc(CO)cc3)[C@@H]1C)CC2. The molecule has 0 aliphatic carbocycles. The lowest BCUT2D eigenvalue weighted by molar-refractivity contribution is -0.276. The molecule has 8 nitrogen and oxygen atoms in total. The van der Waals surface area contributed by atoms with Gasteiger partial charge in [0.25, 0.3) is 5.91 Å². The van der Waals surface area contributed by atoms with Crippen molar-refractivity contribution in [2.75, 3.05) is 27.3 Å². The molecule has 0 bridgehead atoms. The number of benzene rings is 4. The molecule has 4 atom stereocenters. The number of carbonyl (C=O) groups excluding carboxylic acids is 1. The zero-order chi connectivity index (χ0) is 32.0.